The molecule has 0 bridgehead atoms. The maximum atomic E-state index is 13.6. The van der Waals surface area contributed by atoms with E-state index in [9.17, 15) is 18.0 Å². The number of nitrogens with zero attached hydrogens (tertiary/aromatic N) is 3. The molecule has 1 aliphatic heterocycles. The van der Waals surface area contributed by atoms with Crippen molar-refractivity contribution >= 4 is 23.3 Å². The van der Waals surface area contributed by atoms with Gasteiger partial charge >= 0.3 is 12.2 Å². The molecule has 1 aliphatic rings. The van der Waals surface area contributed by atoms with E-state index in [4.69, 9.17) is 21.1 Å². The van der Waals surface area contributed by atoms with Crippen molar-refractivity contribution in [3.63, 3.8) is 0 Å². The quantitative estimate of drug-likeness (QED) is 0.235. The number of alkyl halides is 3. The van der Waals surface area contributed by atoms with Gasteiger partial charge in [0.15, 0.2) is 0 Å². The summed E-state index contributed by atoms with van der Waals surface area (Å²) in [5.41, 5.74) is 0.893. The van der Waals surface area contributed by atoms with E-state index in [1.807, 2.05) is 12.1 Å². The van der Waals surface area contributed by atoms with E-state index in [1.54, 1.807) is 66.6 Å². The lowest BCUT2D eigenvalue weighted by Gasteiger charge is -2.24. The lowest BCUT2D eigenvalue weighted by molar-refractivity contribution is -0.137. The molecule has 0 aliphatic carbocycles. The van der Waals surface area contributed by atoms with Gasteiger partial charge in [0.2, 0.25) is 5.88 Å². The number of pyridine rings is 1. The average Bonchev–Trinajstić information content (AvgIpc) is 3.26. The minimum Gasteiger partial charge on any atom is -0.497 e. The number of halogens is 4. The highest BCUT2D eigenvalue weighted by Gasteiger charge is 2.40. The summed E-state index contributed by atoms with van der Waals surface area (Å²) < 4.78 is 51.4. The van der Waals surface area contributed by atoms with E-state index in [1.165, 1.54) is 17.2 Å². The van der Waals surface area contributed by atoms with E-state index in [-0.39, 0.29) is 19.1 Å². The van der Waals surface area contributed by atoms with Crippen LogP contribution in [0.5, 0.6) is 17.4 Å². The van der Waals surface area contributed by atoms with Crippen LogP contribution in [0.2, 0.25) is 5.02 Å². The van der Waals surface area contributed by atoms with E-state index >= 15 is 0 Å². The van der Waals surface area contributed by atoms with Crippen molar-refractivity contribution in [3.05, 3.63) is 113 Å². The summed E-state index contributed by atoms with van der Waals surface area (Å²) in [5.74, 6) is 1.50. The largest absolute Gasteiger partial charge is 0.497 e. The zero-order valence-electron chi connectivity index (χ0n) is 20.7. The average molecular weight is 554 g/mol. The first kappa shape index (κ1) is 26.4. The van der Waals surface area contributed by atoms with Crippen molar-refractivity contribution in [1.82, 2.24) is 9.88 Å². The van der Waals surface area contributed by atoms with Gasteiger partial charge in [0.25, 0.3) is 0 Å². The number of urea groups is 1. The third kappa shape index (κ3) is 5.93. The summed E-state index contributed by atoms with van der Waals surface area (Å²) in [6.45, 7) is 0.467. The molecule has 39 heavy (non-hydrogen) atoms. The molecule has 4 aromatic rings. The molecule has 5 rings (SSSR count). The van der Waals surface area contributed by atoms with E-state index in [2.05, 4.69) is 4.98 Å². The SMILES string of the molecule is COc1ccc(CN2CC(c3cccc(C(F)(F)F)c3)N(c3ccc(Oc4ccc(Cl)cc4)nc3)C2=O)cc1. The fraction of sp³-hybridized carbons (Fsp3) is 0.172. The van der Waals surface area contributed by atoms with E-state index in [0.29, 0.717) is 33.7 Å². The highest BCUT2D eigenvalue weighted by atomic mass is 35.5. The van der Waals surface area contributed by atoms with Gasteiger partial charge in [0, 0.05) is 24.2 Å². The van der Waals surface area contributed by atoms with Crippen LogP contribution in [0.15, 0.2) is 91.1 Å². The van der Waals surface area contributed by atoms with Crippen LogP contribution in [0.25, 0.3) is 0 Å². The van der Waals surface area contributed by atoms with Crippen LogP contribution in [-0.4, -0.2) is 29.6 Å². The molecule has 10 heteroatoms. The third-order valence-corrected chi connectivity index (χ3v) is 6.60. The smallest absolute Gasteiger partial charge is 0.416 e. The molecule has 0 saturated carbocycles. The summed E-state index contributed by atoms with van der Waals surface area (Å²) in [6.07, 6.45) is -3.03. The van der Waals surface area contributed by atoms with Gasteiger partial charge < -0.3 is 14.4 Å². The topological polar surface area (TPSA) is 54.9 Å². The first-order valence-corrected chi connectivity index (χ1v) is 12.4. The second-order valence-corrected chi connectivity index (χ2v) is 9.37. The van der Waals surface area contributed by atoms with Gasteiger partial charge in [-0.05, 0) is 65.7 Å². The van der Waals surface area contributed by atoms with Crippen LogP contribution in [-0.2, 0) is 12.7 Å². The molecule has 1 atom stereocenters. The van der Waals surface area contributed by atoms with Gasteiger partial charge in [-0.1, -0.05) is 35.9 Å². The number of carbonyl (C=O) groups excluding carboxylic acids is 1. The van der Waals surface area contributed by atoms with Crippen LogP contribution in [0.4, 0.5) is 23.7 Å². The number of hydrogen-bond donors (Lipinski definition) is 0. The highest BCUT2D eigenvalue weighted by molar-refractivity contribution is 6.30. The van der Waals surface area contributed by atoms with Crippen LogP contribution < -0.4 is 14.4 Å². The van der Waals surface area contributed by atoms with Crippen LogP contribution in [0.3, 0.4) is 0 Å². The summed E-state index contributed by atoms with van der Waals surface area (Å²) in [6, 6.07) is 21.4. The fourth-order valence-electron chi connectivity index (χ4n) is 4.40. The second kappa shape index (κ2) is 10.9. The Morgan fingerprint density at radius 3 is 2.33 bits per heavy atom. The van der Waals surface area contributed by atoms with Gasteiger partial charge in [-0.15, -0.1) is 0 Å². The first-order chi connectivity index (χ1) is 18.7. The number of anilines is 1. The Morgan fingerprint density at radius 1 is 0.974 bits per heavy atom. The van der Waals surface area contributed by atoms with Crippen LogP contribution >= 0.6 is 11.6 Å². The number of rotatable bonds is 7. The number of ether oxygens (including phenoxy) is 2. The normalized spacial score (nSPS) is 15.5. The van der Waals surface area contributed by atoms with Gasteiger partial charge in [0.1, 0.15) is 11.5 Å². The molecule has 1 saturated heterocycles. The highest BCUT2D eigenvalue weighted by Crippen LogP contribution is 2.38. The second-order valence-electron chi connectivity index (χ2n) is 8.93. The van der Waals surface area contributed by atoms with Gasteiger partial charge in [0.05, 0.1) is 30.6 Å². The summed E-state index contributed by atoms with van der Waals surface area (Å²) in [4.78, 5) is 21.0. The Kier molecular flexibility index (Phi) is 7.34. The molecule has 0 N–H and O–H groups in total. The number of methoxy groups -OCH3 is 1. The van der Waals surface area contributed by atoms with Crippen LogP contribution in [0.1, 0.15) is 22.7 Å². The van der Waals surface area contributed by atoms with Crippen molar-refractivity contribution in [2.75, 3.05) is 18.6 Å². The molecule has 6 nitrogen and oxygen atoms in total. The zero-order valence-corrected chi connectivity index (χ0v) is 21.5. The minimum atomic E-state index is -4.51. The molecule has 0 spiro atoms. The Bertz CT molecular complexity index is 1450. The van der Waals surface area contributed by atoms with Crippen molar-refractivity contribution < 1.29 is 27.4 Å². The van der Waals surface area contributed by atoms with Crippen molar-refractivity contribution in [2.24, 2.45) is 0 Å². The Balaban J connectivity index is 1.44. The molecule has 1 fully saturated rings. The molecule has 2 heterocycles. The summed E-state index contributed by atoms with van der Waals surface area (Å²) in [5, 5.41) is 0.568. The zero-order chi connectivity index (χ0) is 27.6. The number of amides is 2. The lowest BCUT2D eigenvalue weighted by atomic mass is 10.0. The monoisotopic (exact) mass is 553 g/mol. The number of aromatic nitrogens is 1. The molecule has 200 valence electrons. The number of benzene rings is 3. The molecular weight excluding hydrogens is 531 g/mol. The maximum absolute atomic E-state index is 13.6. The first-order valence-electron chi connectivity index (χ1n) is 12.0. The van der Waals surface area contributed by atoms with E-state index < -0.39 is 17.8 Å². The Morgan fingerprint density at radius 2 is 1.69 bits per heavy atom. The van der Waals surface area contributed by atoms with E-state index in [0.717, 1.165) is 17.7 Å². The standard InChI is InChI=1S/C29H23ClF3N3O3/c1-38-24-10-5-19(6-11-24)17-35-18-26(20-3-2-4-21(15-20)29(31,32)33)36(28(35)37)23-9-14-27(34-16-23)39-25-12-7-22(30)8-13-25/h2-16,26H,17-18H2,1H3. The van der Waals surface area contributed by atoms with Gasteiger partial charge in [-0.25, -0.2) is 9.78 Å². The lowest BCUT2D eigenvalue weighted by Crippen LogP contribution is -2.32. The third-order valence-electron chi connectivity index (χ3n) is 6.35. The van der Waals surface area contributed by atoms with Gasteiger partial charge in [-0.3, -0.25) is 4.90 Å². The van der Waals surface area contributed by atoms with Crippen LogP contribution in [0, 0.1) is 0 Å². The summed E-state index contributed by atoms with van der Waals surface area (Å²) >= 11 is 5.92. The molecule has 1 aromatic heterocycles. The Labute approximate surface area is 228 Å². The van der Waals surface area contributed by atoms with Crippen molar-refractivity contribution in [1.29, 1.82) is 0 Å². The predicted octanol–water partition coefficient (Wildman–Crippen LogP) is 7.74. The Hall–Kier alpha value is -4.24. The molecule has 1 unspecified atom stereocenters. The fourth-order valence-corrected chi connectivity index (χ4v) is 4.53. The molecule has 3 aromatic carbocycles. The summed E-state index contributed by atoms with van der Waals surface area (Å²) in [7, 11) is 1.57. The number of carbonyl (C=O) groups is 1. The van der Waals surface area contributed by atoms with Crippen molar-refractivity contribution in [3.8, 4) is 17.4 Å². The van der Waals surface area contributed by atoms with Gasteiger partial charge in [-0.2, -0.15) is 13.2 Å². The van der Waals surface area contributed by atoms with Crippen molar-refractivity contribution in [2.45, 2.75) is 18.8 Å². The molecular formula is C29H23ClF3N3O3. The minimum absolute atomic E-state index is 0.190. The molecule has 2 amide bonds. The maximum Gasteiger partial charge on any atom is 0.416 e. The predicted molar refractivity (Wildman–Crippen MR) is 141 cm³/mol. The number of hydrogen-bond acceptors (Lipinski definition) is 4. The molecule has 0 radical (unpaired) electrons.